The van der Waals surface area contributed by atoms with E-state index in [1.165, 1.54) is 0 Å². The fourth-order valence-corrected chi connectivity index (χ4v) is 3.59. The SMILES string of the molecule is CN1CCC2CN(C(=O)c3cn(-c4ccccc4)nn3)CC2C1=O. The minimum absolute atomic E-state index is 0.0723. The fraction of sp³-hybridized carbons (Fsp3) is 0.412. The van der Waals surface area contributed by atoms with Crippen molar-refractivity contribution in [2.45, 2.75) is 6.42 Å². The van der Waals surface area contributed by atoms with Crippen LogP contribution in [0, 0.1) is 11.8 Å². The van der Waals surface area contributed by atoms with Gasteiger partial charge in [-0.25, -0.2) is 4.68 Å². The van der Waals surface area contributed by atoms with Gasteiger partial charge in [-0.1, -0.05) is 23.4 Å². The van der Waals surface area contributed by atoms with E-state index >= 15 is 0 Å². The Balaban J connectivity index is 1.51. The molecule has 2 unspecified atom stereocenters. The monoisotopic (exact) mass is 325 g/mol. The Morgan fingerprint density at radius 1 is 1.21 bits per heavy atom. The molecule has 2 aliphatic rings. The molecule has 2 aliphatic heterocycles. The van der Waals surface area contributed by atoms with E-state index in [-0.39, 0.29) is 23.7 Å². The fourth-order valence-electron chi connectivity index (χ4n) is 3.59. The molecule has 2 atom stereocenters. The predicted molar refractivity (Wildman–Crippen MR) is 86.5 cm³/mol. The number of carbonyl (C=O) groups is 2. The predicted octanol–water partition coefficient (Wildman–Crippen LogP) is 0.818. The molecule has 124 valence electrons. The topological polar surface area (TPSA) is 71.3 Å². The third kappa shape index (κ3) is 2.46. The molecule has 0 bridgehead atoms. The minimum Gasteiger partial charge on any atom is -0.345 e. The largest absolute Gasteiger partial charge is 0.345 e. The Morgan fingerprint density at radius 3 is 2.79 bits per heavy atom. The highest BCUT2D eigenvalue weighted by Gasteiger charge is 2.43. The molecule has 7 nitrogen and oxygen atoms in total. The first-order valence-corrected chi connectivity index (χ1v) is 8.15. The number of piperidine rings is 1. The van der Waals surface area contributed by atoms with Gasteiger partial charge in [0.1, 0.15) is 0 Å². The summed E-state index contributed by atoms with van der Waals surface area (Å²) in [5, 5.41) is 8.06. The number of aromatic nitrogens is 3. The number of rotatable bonds is 2. The van der Waals surface area contributed by atoms with Crippen LogP contribution in [-0.2, 0) is 4.79 Å². The summed E-state index contributed by atoms with van der Waals surface area (Å²) in [6.45, 7) is 1.87. The molecule has 2 amide bonds. The smallest absolute Gasteiger partial charge is 0.276 e. The molecule has 0 aliphatic carbocycles. The average molecular weight is 325 g/mol. The number of hydrogen-bond donors (Lipinski definition) is 0. The molecule has 0 radical (unpaired) electrons. The van der Waals surface area contributed by atoms with Gasteiger partial charge in [0.05, 0.1) is 17.8 Å². The molecular formula is C17H19N5O2. The maximum Gasteiger partial charge on any atom is 0.276 e. The molecule has 0 saturated carbocycles. The molecule has 2 fully saturated rings. The van der Waals surface area contributed by atoms with Crippen molar-refractivity contribution >= 4 is 11.8 Å². The molecule has 1 aromatic carbocycles. The summed E-state index contributed by atoms with van der Waals surface area (Å²) in [4.78, 5) is 28.5. The van der Waals surface area contributed by atoms with E-state index < -0.39 is 0 Å². The summed E-state index contributed by atoms with van der Waals surface area (Å²) < 4.78 is 1.59. The molecule has 3 heterocycles. The third-order valence-corrected chi connectivity index (χ3v) is 4.99. The second-order valence-electron chi connectivity index (χ2n) is 6.51. The van der Waals surface area contributed by atoms with Crippen molar-refractivity contribution in [1.29, 1.82) is 0 Å². The van der Waals surface area contributed by atoms with Crippen molar-refractivity contribution < 1.29 is 9.59 Å². The number of benzene rings is 1. The number of fused-ring (bicyclic) bond motifs is 1. The van der Waals surface area contributed by atoms with Gasteiger partial charge in [0, 0.05) is 26.7 Å². The van der Waals surface area contributed by atoms with Crippen LogP contribution in [0.15, 0.2) is 36.5 Å². The van der Waals surface area contributed by atoms with Crippen molar-refractivity contribution in [3.8, 4) is 5.69 Å². The summed E-state index contributed by atoms with van der Waals surface area (Å²) in [6.07, 6.45) is 2.60. The lowest BCUT2D eigenvalue weighted by atomic mass is 9.88. The van der Waals surface area contributed by atoms with Crippen LogP contribution >= 0.6 is 0 Å². The lowest BCUT2D eigenvalue weighted by Gasteiger charge is -2.30. The Bertz CT molecular complexity index is 772. The minimum atomic E-state index is -0.151. The van der Waals surface area contributed by atoms with E-state index in [9.17, 15) is 9.59 Å². The number of hydrogen-bond acceptors (Lipinski definition) is 4. The zero-order valence-electron chi connectivity index (χ0n) is 13.5. The van der Waals surface area contributed by atoms with Gasteiger partial charge < -0.3 is 9.80 Å². The van der Waals surface area contributed by atoms with E-state index in [1.54, 1.807) is 20.7 Å². The lowest BCUT2D eigenvalue weighted by molar-refractivity contribution is -0.137. The molecule has 0 N–H and O–H groups in total. The van der Waals surface area contributed by atoms with Crippen molar-refractivity contribution in [3.05, 3.63) is 42.2 Å². The van der Waals surface area contributed by atoms with Crippen LogP contribution in [-0.4, -0.2) is 63.3 Å². The molecular weight excluding hydrogens is 306 g/mol. The lowest BCUT2D eigenvalue weighted by Crippen LogP contribution is -2.42. The van der Waals surface area contributed by atoms with Crippen molar-refractivity contribution in [2.75, 3.05) is 26.7 Å². The van der Waals surface area contributed by atoms with Crippen molar-refractivity contribution in [1.82, 2.24) is 24.8 Å². The number of likely N-dealkylation sites (tertiary alicyclic amines) is 2. The zero-order chi connectivity index (χ0) is 16.7. The van der Waals surface area contributed by atoms with Gasteiger partial charge in [0.2, 0.25) is 5.91 Å². The second kappa shape index (κ2) is 5.74. The standard InChI is InChI=1S/C17H19N5O2/c1-20-8-7-12-9-21(10-14(12)16(20)23)17(24)15-11-22(19-18-15)13-5-3-2-4-6-13/h2-6,11-12,14H,7-10H2,1H3. The average Bonchev–Trinajstić information content (AvgIpc) is 3.26. The van der Waals surface area contributed by atoms with Crippen LogP contribution in [0.4, 0.5) is 0 Å². The first-order valence-electron chi connectivity index (χ1n) is 8.15. The van der Waals surface area contributed by atoms with Crippen molar-refractivity contribution in [3.63, 3.8) is 0 Å². The molecule has 24 heavy (non-hydrogen) atoms. The summed E-state index contributed by atoms with van der Waals surface area (Å²) in [7, 11) is 1.83. The maximum atomic E-state index is 12.7. The van der Waals surface area contributed by atoms with Crippen molar-refractivity contribution in [2.24, 2.45) is 11.8 Å². The van der Waals surface area contributed by atoms with Gasteiger partial charge in [-0.15, -0.1) is 5.10 Å². The zero-order valence-corrected chi connectivity index (χ0v) is 13.5. The van der Waals surface area contributed by atoms with Crippen LogP contribution in [0.5, 0.6) is 0 Å². The highest BCUT2D eigenvalue weighted by atomic mass is 16.2. The first-order chi connectivity index (χ1) is 11.6. The van der Waals surface area contributed by atoms with Crippen LogP contribution in [0.3, 0.4) is 0 Å². The van der Waals surface area contributed by atoms with E-state index in [0.717, 1.165) is 18.7 Å². The van der Waals surface area contributed by atoms with Crippen LogP contribution < -0.4 is 0 Å². The highest BCUT2D eigenvalue weighted by molar-refractivity contribution is 5.93. The van der Waals surface area contributed by atoms with Gasteiger partial charge in [-0.2, -0.15) is 0 Å². The number of para-hydroxylation sites is 1. The number of carbonyl (C=O) groups excluding carboxylic acids is 2. The molecule has 0 spiro atoms. The summed E-state index contributed by atoms with van der Waals surface area (Å²) >= 11 is 0. The van der Waals surface area contributed by atoms with Gasteiger partial charge in [-0.05, 0) is 24.5 Å². The molecule has 2 aromatic rings. The van der Waals surface area contributed by atoms with E-state index in [0.29, 0.717) is 18.8 Å². The van der Waals surface area contributed by atoms with Crippen LogP contribution in [0.1, 0.15) is 16.9 Å². The van der Waals surface area contributed by atoms with Gasteiger partial charge in [0.25, 0.3) is 5.91 Å². The Morgan fingerprint density at radius 2 is 2.00 bits per heavy atom. The van der Waals surface area contributed by atoms with Crippen LogP contribution in [0.25, 0.3) is 5.69 Å². The summed E-state index contributed by atoms with van der Waals surface area (Å²) in [6, 6.07) is 9.55. The Hall–Kier alpha value is -2.70. The highest BCUT2D eigenvalue weighted by Crippen LogP contribution is 2.32. The van der Waals surface area contributed by atoms with Gasteiger partial charge in [-0.3, -0.25) is 9.59 Å². The van der Waals surface area contributed by atoms with E-state index in [4.69, 9.17) is 0 Å². The van der Waals surface area contributed by atoms with Crippen LogP contribution in [0.2, 0.25) is 0 Å². The quantitative estimate of drug-likeness (QED) is 0.819. The molecule has 7 heteroatoms. The molecule has 4 rings (SSSR count). The summed E-state index contributed by atoms with van der Waals surface area (Å²) in [5.41, 5.74) is 1.18. The van der Waals surface area contributed by atoms with E-state index in [1.807, 2.05) is 37.4 Å². The molecule has 1 aromatic heterocycles. The summed E-state index contributed by atoms with van der Waals surface area (Å²) in [5.74, 6) is 0.190. The van der Waals surface area contributed by atoms with Gasteiger partial charge in [0.15, 0.2) is 5.69 Å². The Kier molecular flexibility index (Phi) is 3.55. The molecule has 2 saturated heterocycles. The Labute approximate surface area is 139 Å². The third-order valence-electron chi connectivity index (χ3n) is 4.99. The number of nitrogens with zero attached hydrogens (tertiary/aromatic N) is 5. The number of amides is 2. The first kappa shape index (κ1) is 14.9. The maximum absolute atomic E-state index is 12.7. The normalized spacial score (nSPS) is 23.5. The van der Waals surface area contributed by atoms with Gasteiger partial charge >= 0.3 is 0 Å². The second-order valence-corrected chi connectivity index (χ2v) is 6.51. The van der Waals surface area contributed by atoms with E-state index in [2.05, 4.69) is 10.3 Å².